The standard InChI is InChI=1S/C16H25N5/c1-4-20(5-2)8-9-21-13-16(12-19-21)18-11-15-7-6-14(3)17-10-15/h6-7,10,12-13,18H,4-5,8-9,11H2,1-3H3. The molecule has 2 aromatic rings. The van der Waals surface area contributed by atoms with E-state index < -0.39 is 0 Å². The van der Waals surface area contributed by atoms with E-state index in [1.54, 1.807) is 0 Å². The molecule has 0 saturated carbocycles. The second-order valence-electron chi connectivity index (χ2n) is 5.18. The van der Waals surface area contributed by atoms with Crippen LogP contribution in [0.3, 0.4) is 0 Å². The lowest BCUT2D eigenvalue weighted by atomic mass is 10.2. The molecule has 1 N–H and O–H groups in total. The van der Waals surface area contributed by atoms with Crippen molar-refractivity contribution in [3.05, 3.63) is 42.0 Å². The van der Waals surface area contributed by atoms with Gasteiger partial charge in [0.05, 0.1) is 18.4 Å². The molecule has 0 aliphatic rings. The van der Waals surface area contributed by atoms with Crippen LogP contribution in [-0.4, -0.2) is 39.3 Å². The zero-order valence-electron chi connectivity index (χ0n) is 13.2. The van der Waals surface area contributed by atoms with Crippen LogP contribution in [0.5, 0.6) is 0 Å². The van der Waals surface area contributed by atoms with Gasteiger partial charge in [-0.3, -0.25) is 9.67 Å². The van der Waals surface area contributed by atoms with E-state index in [0.717, 1.165) is 44.1 Å². The number of nitrogens with zero attached hydrogens (tertiary/aromatic N) is 4. The summed E-state index contributed by atoms with van der Waals surface area (Å²) in [7, 11) is 0. The minimum atomic E-state index is 0.773. The summed E-state index contributed by atoms with van der Waals surface area (Å²) in [5, 5.41) is 7.77. The van der Waals surface area contributed by atoms with Crippen molar-refractivity contribution in [3.63, 3.8) is 0 Å². The van der Waals surface area contributed by atoms with Gasteiger partial charge in [-0.1, -0.05) is 19.9 Å². The van der Waals surface area contributed by atoms with Gasteiger partial charge in [-0.15, -0.1) is 0 Å². The van der Waals surface area contributed by atoms with E-state index in [2.05, 4.69) is 46.4 Å². The largest absolute Gasteiger partial charge is 0.378 e. The Kier molecular flexibility index (Phi) is 5.75. The van der Waals surface area contributed by atoms with E-state index in [1.165, 1.54) is 5.56 Å². The fourth-order valence-electron chi connectivity index (χ4n) is 2.17. The summed E-state index contributed by atoms with van der Waals surface area (Å²) in [5.41, 5.74) is 3.27. The fraction of sp³-hybridized carbons (Fsp3) is 0.500. The average molecular weight is 287 g/mol. The van der Waals surface area contributed by atoms with E-state index in [4.69, 9.17) is 0 Å². The van der Waals surface area contributed by atoms with Crippen molar-refractivity contribution in [2.75, 3.05) is 25.0 Å². The van der Waals surface area contributed by atoms with E-state index in [1.807, 2.05) is 30.1 Å². The second kappa shape index (κ2) is 7.78. The number of aryl methyl sites for hydroxylation is 1. The third kappa shape index (κ3) is 4.86. The van der Waals surface area contributed by atoms with Gasteiger partial charge in [-0.25, -0.2) is 0 Å². The van der Waals surface area contributed by atoms with E-state index in [9.17, 15) is 0 Å². The quantitative estimate of drug-likeness (QED) is 0.810. The van der Waals surface area contributed by atoms with Crippen molar-refractivity contribution in [3.8, 4) is 0 Å². The lowest BCUT2D eigenvalue weighted by molar-refractivity contribution is 0.285. The van der Waals surface area contributed by atoms with Crippen LogP contribution in [0, 0.1) is 6.92 Å². The fourth-order valence-corrected chi connectivity index (χ4v) is 2.17. The number of pyridine rings is 1. The summed E-state index contributed by atoms with van der Waals surface area (Å²) < 4.78 is 1.99. The predicted molar refractivity (Wildman–Crippen MR) is 86.3 cm³/mol. The Balaban J connectivity index is 1.81. The van der Waals surface area contributed by atoms with Crippen LogP contribution < -0.4 is 5.32 Å². The highest BCUT2D eigenvalue weighted by atomic mass is 15.3. The zero-order chi connectivity index (χ0) is 15.1. The first kappa shape index (κ1) is 15.5. The van der Waals surface area contributed by atoms with Crippen LogP contribution >= 0.6 is 0 Å². The molecule has 5 heteroatoms. The second-order valence-corrected chi connectivity index (χ2v) is 5.18. The summed E-state index contributed by atoms with van der Waals surface area (Å²) in [6.45, 7) is 11.3. The van der Waals surface area contributed by atoms with E-state index in [-0.39, 0.29) is 0 Å². The molecule has 0 fully saturated rings. The molecule has 0 spiro atoms. The molecule has 5 nitrogen and oxygen atoms in total. The van der Waals surface area contributed by atoms with Gasteiger partial charge in [0.1, 0.15) is 0 Å². The normalized spacial score (nSPS) is 11.0. The molecule has 114 valence electrons. The van der Waals surface area contributed by atoms with Gasteiger partial charge in [0.2, 0.25) is 0 Å². The molecule has 0 unspecified atom stereocenters. The zero-order valence-corrected chi connectivity index (χ0v) is 13.2. The predicted octanol–water partition coefficient (Wildman–Crippen LogP) is 2.54. The highest BCUT2D eigenvalue weighted by molar-refractivity contribution is 5.38. The first-order valence-corrected chi connectivity index (χ1v) is 7.61. The van der Waals surface area contributed by atoms with Crippen molar-refractivity contribution in [2.45, 2.75) is 33.9 Å². The van der Waals surface area contributed by atoms with Crippen LogP contribution in [0.1, 0.15) is 25.1 Å². The maximum atomic E-state index is 4.40. The number of aromatic nitrogens is 3. The Hall–Kier alpha value is -1.88. The van der Waals surface area contributed by atoms with Crippen molar-refractivity contribution in [1.82, 2.24) is 19.7 Å². The van der Waals surface area contributed by atoms with Crippen LogP contribution in [0.15, 0.2) is 30.7 Å². The topological polar surface area (TPSA) is 46.0 Å². The van der Waals surface area contributed by atoms with Crippen LogP contribution in [0.4, 0.5) is 5.69 Å². The Labute approximate surface area is 127 Å². The molecule has 0 radical (unpaired) electrons. The number of likely N-dealkylation sites (N-methyl/N-ethyl adjacent to an activating group) is 1. The number of hydrogen-bond donors (Lipinski definition) is 1. The highest BCUT2D eigenvalue weighted by Gasteiger charge is 2.02. The van der Waals surface area contributed by atoms with Crippen LogP contribution in [-0.2, 0) is 13.1 Å². The van der Waals surface area contributed by atoms with Gasteiger partial charge in [-0.2, -0.15) is 5.10 Å². The third-order valence-corrected chi connectivity index (χ3v) is 3.64. The summed E-state index contributed by atoms with van der Waals surface area (Å²) in [4.78, 5) is 6.69. The van der Waals surface area contributed by atoms with Gasteiger partial charge in [0.15, 0.2) is 0 Å². The maximum Gasteiger partial charge on any atom is 0.0729 e. The molecule has 0 atom stereocenters. The monoisotopic (exact) mass is 287 g/mol. The van der Waals surface area contributed by atoms with Gasteiger partial charge in [0.25, 0.3) is 0 Å². The smallest absolute Gasteiger partial charge is 0.0729 e. The Morgan fingerprint density at radius 3 is 2.67 bits per heavy atom. The van der Waals surface area contributed by atoms with Gasteiger partial charge in [0, 0.05) is 31.2 Å². The van der Waals surface area contributed by atoms with Gasteiger partial charge in [-0.05, 0) is 31.6 Å². The maximum absolute atomic E-state index is 4.40. The van der Waals surface area contributed by atoms with E-state index >= 15 is 0 Å². The molecule has 0 saturated heterocycles. The summed E-state index contributed by atoms with van der Waals surface area (Å²) in [5.74, 6) is 0. The lowest BCUT2D eigenvalue weighted by Crippen LogP contribution is -2.27. The minimum Gasteiger partial charge on any atom is -0.378 e. The molecule has 21 heavy (non-hydrogen) atoms. The summed E-state index contributed by atoms with van der Waals surface area (Å²) in [6, 6.07) is 4.13. The van der Waals surface area contributed by atoms with Crippen molar-refractivity contribution in [2.24, 2.45) is 0 Å². The molecule has 2 aromatic heterocycles. The van der Waals surface area contributed by atoms with Crippen molar-refractivity contribution < 1.29 is 0 Å². The molecule has 2 rings (SSSR count). The van der Waals surface area contributed by atoms with Crippen molar-refractivity contribution >= 4 is 5.69 Å². The molecule has 0 aliphatic heterocycles. The molecule has 0 aromatic carbocycles. The Morgan fingerprint density at radius 1 is 1.19 bits per heavy atom. The van der Waals surface area contributed by atoms with Crippen LogP contribution in [0.25, 0.3) is 0 Å². The molecule has 0 amide bonds. The number of nitrogens with one attached hydrogen (secondary N) is 1. The summed E-state index contributed by atoms with van der Waals surface area (Å²) in [6.07, 6.45) is 5.85. The lowest BCUT2D eigenvalue weighted by Gasteiger charge is -2.17. The minimum absolute atomic E-state index is 0.773. The van der Waals surface area contributed by atoms with Gasteiger partial charge < -0.3 is 10.2 Å². The molecule has 2 heterocycles. The molecular formula is C16H25N5. The summed E-state index contributed by atoms with van der Waals surface area (Å²) >= 11 is 0. The van der Waals surface area contributed by atoms with Crippen molar-refractivity contribution in [1.29, 1.82) is 0 Å². The first-order valence-electron chi connectivity index (χ1n) is 7.61. The Bertz CT molecular complexity index is 528. The molecule has 0 aliphatic carbocycles. The molecule has 0 bridgehead atoms. The number of rotatable bonds is 8. The Morgan fingerprint density at radius 2 is 2.00 bits per heavy atom. The SMILES string of the molecule is CCN(CC)CCn1cc(NCc2ccc(C)nc2)cn1. The van der Waals surface area contributed by atoms with Crippen LogP contribution in [0.2, 0.25) is 0 Å². The van der Waals surface area contributed by atoms with E-state index in [0.29, 0.717) is 0 Å². The molecular weight excluding hydrogens is 262 g/mol. The number of anilines is 1. The highest BCUT2D eigenvalue weighted by Crippen LogP contribution is 2.08. The average Bonchev–Trinajstić information content (AvgIpc) is 2.96. The number of hydrogen-bond acceptors (Lipinski definition) is 4. The third-order valence-electron chi connectivity index (χ3n) is 3.64. The first-order chi connectivity index (χ1) is 10.2. The van der Waals surface area contributed by atoms with Gasteiger partial charge >= 0.3 is 0 Å².